The molecule has 0 atom stereocenters. The molecule has 1 aromatic heterocycles. The van der Waals surface area contributed by atoms with Crippen LogP contribution in [0.3, 0.4) is 0 Å². The van der Waals surface area contributed by atoms with E-state index in [1.165, 1.54) is 18.2 Å². The molecule has 0 saturated carbocycles. The second-order valence-electron chi connectivity index (χ2n) is 8.01. The Hall–Kier alpha value is -2.49. The molecule has 32 heavy (non-hydrogen) atoms. The summed E-state index contributed by atoms with van der Waals surface area (Å²) >= 11 is 12.4. The number of amidine groups is 1. The van der Waals surface area contributed by atoms with Crippen LogP contribution >= 0.6 is 23.2 Å². The maximum absolute atomic E-state index is 14.0. The van der Waals surface area contributed by atoms with E-state index in [1.54, 1.807) is 0 Å². The van der Waals surface area contributed by atoms with Gasteiger partial charge in [-0.3, -0.25) is 10.8 Å². The van der Waals surface area contributed by atoms with Crippen molar-refractivity contribution in [3.8, 4) is 0 Å². The quantitative estimate of drug-likeness (QED) is 0.446. The van der Waals surface area contributed by atoms with Crippen molar-refractivity contribution >= 4 is 34.7 Å². The van der Waals surface area contributed by atoms with Gasteiger partial charge in [0.15, 0.2) is 0 Å². The first kappa shape index (κ1) is 22.7. The number of hydrogen-bond donors (Lipinski definition) is 3. The summed E-state index contributed by atoms with van der Waals surface area (Å²) in [6, 6.07) is 2.68. The van der Waals surface area contributed by atoms with E-state index >= 15 is 0 Å². The molecule has 3 N–H and O–H groups in total. The molecule has 11 heteroatoms. The van der Waals surface area contributed by atoms with Crippen LogP contribution in [0.15, 0.2) is 28.3 Å². The first-order chi connectivity index (χ1) is 15.3. The summed E-state index contributed by atoms with van der Waals surface area (Å²) in [4.78, 5) is 4.09. The number of piperidine rings is 1. The highest BCUT2D eigenvalue weighted by atomic mass is 35.5. The number of likely N-dealkylation sites (tertiary alicyclic amines) is 1. The van der Waals surface area contributed by atoms with Crippen molar-refractivity contribution in [3.63, 3.8) is 0 Å². The van der Waals surface area contributed by atoms with E-state index in [2.05, 4.69) is 27.5 Å². The highest BCUT2D eigenvalue weighted by Crippen LogP contribution is 2.30. The monoisotopic (exact) mass is 479 g/mol. The van der Waals surface area contributed by atoms with E-state index in [0.29, 0.717) is 35.3 Å². The molecule has 3 heterocycles. The Morgan fingerprint density at radius 3 is 2.78 bits per heavy atom. The van der Waals surface area contributed by atoms with Gasteiger partial charge < -0.3 is 19.5 Å². The minimum atomic E-state index is -0.554. The number of piperazine rings is 1. The van der Waals surface area contributed by atoms with Gasteiger partial charge in [0, 0.05) is 36.1 Å². The normalized spacial score (nSPS) is 19.4. The van der Waals surface area contributed by atoms with Gasteiger partial charge >= 0.3 is 0 Å². The number of halogens is 3. The van der Waals surface area contributed by atoms with Gasteiger partial charge in [-0.15, -0.1) is 10.2 Å². The zero-order valence-corrected chi connectivity index (χ0v) is 19.1. The molecular weight excluding hydrogens is 456 g/mol. The highest BCUT2D eigenvalue weighted by molar-refractivity contribution is 6.36. The van der Waals surface area contributed by atoms with Crippen molar-refractivity contribution in [2.45, 2.75) is 25.3 Å². The van der Waals surface area contributed by atoms with E-state index in [0.717, 1.165) is 25.9 Å². The molecule has 2 fully saturated rings. The molecule has 0 bridgehead atoms. The number of allylic oxidation sites excluding steroid dienone is 1. The molecule has 2 aliphatic rings. The van der Waals surface area contributed by atoms with Crippen molar-refractivity contribution in [2.24, 2.45) is 0 Å². The topological polar surface area (TPSA) is 105 Å². The van der Waals surface area contributed by atoms with Crippen LogP contribution in [0.2, 0.25) is 10.0 Å². The smallest absolute Gasteiger partial charge is 0.265 e. The molecule has 1 aromatic carbocycles. The zero-order valence-electron chi connectivity index (χ0n) is 17.6. The number of nitrogens with zero attached hydrogens (tertiary/aromatic N) is 4. The Bertz CT molecular complexity index is 1060. The summed E-state index contributed by atoms with van der Waals surface area (Å²) in [5.41, 5.74) is 0.876. The maximum Gasteiger partial charge on any atom is 0.265 e. The minimum Gasteiger partial charge on any atom is -0.419 e. The average Bonchev–Trinajstić information content (AvgIpc) is 3.27. The summed E-state index contributed by atoms with van der Waals surface area (Å²) in [5, 5.41) is 28.2. The van der Waals surface area contributed by atoms with E-state index in [1.807, 2.05) is 4.90 Å². The van der Waals surface area contributed by atoms with Crippen LogP contribution in [-0.2, 0) is 6.54 Å². The predicted molar refractivity (Wildman–Crippen MR) is 121 cm³/mol. The van der Waals surface area contributed by atoms with Crippen LogP contribution < -0.4 is 5.32 Å². The van der Waals surface area contributed by atoms with Crippen LogP contribution in [0.5, 0.6) is 0 Å². The molecule has 2 saturated heterocycles. The summed E-state index contributed by atoms with van der Waals surface area (Å²) in [6.07, 6.45) is 3.37. The van der Waals surface area contributed by atoms with Gasteiger partial charge in [-0.05, 0) is 51.2 Å². The third kappa shape index (κ3) is 4.79. The average molecular weight is 480 g/mol. The summed E-state index contributed by atoms with van der Waals surface area (Å²) in [7, 11) is 2.08. The van der Waals surface area contributed by atoms with E-state index in [-0.39, 0.29) is 34.9 Å². The van der Waals surface area contributed by atoms with Gasteiger partial charge in [-0.2, -0.15) is 0 Å². The van der Waals surface area contributed by atoms with Crippen LogP contribution in [0.4, 0.5) is 4.39 Å². The van der Waals surface area contributed by atoms with Crippen LogP contribution in [0, 0.1) is 16.6 Å². The number of nitrogens with one attached hydrogen (secondary N) is 3. The standard InChI is InChI=1S/C21H24Cl2FN7O/c1-30-7-4-12(5-8-30)20-28-29-21(32-20)16(25)10-17-19(26)27-6-9-31(17)11-13-14(22)2-3-15(24)18(13)23/h2-3,10,12,25H,4-9,11H2,1H3,(H2,26,27)/b17-10+,25-16?. The lowest BCUT2D eigenvalue weighted by Crippen LogP contribution is -2.45. The first-order valence-corrected chi connectivity index (χ1v) is 11.1. The van der Waals surface area contributed by atoms with Crippen molar-refractivity contribution < 1.29 is 8.81 Å². The lowest BCUT2D eigenvalue weighted by Gasteiger charge is -2.33. The third-order valence-electron chi connectivity index (χ3n) is 5.79. The molecule has 4 rings (SSSR count). The second kappa shape index (κ2) is 9.56. The van der Waals surface area contributed by atoms with Gasteiger partial charge in [-0.25, -0.2) is 4.39 Å². The maximum atomic E-state index is 14.0. The van der Waals surface area contributed by atoms with Gasteiger partial charge in [0.2, 0.25) is 5.89 Å². The highest BCUT2D eigenvalue weighted by Gasteiger charge is 2.26. The lowest BCUT2D eigenvalue weighted by atomic mass is 9.97. The van der Waals surface area contributed by atoms with Gasteiger partial charge in [0.05, 0.1) is 10.7 Å². The van der Waals surface area contributed by atoms with Gasteiger partial charge in [-0.1, -0.05) is 23.2 Å². The van der Waals surface area contributed by atoms with Gasteiger partial charge in [0.1, 0.15) is 17.4 Å². The molecule has 2 aliphatic heterocycles. The Morgan fingerprint density at radius 2 is 2.03 bits per heavy atom. The minimum absolute atomic E-state index is 0.00145. The first-order valence-electron chi connectivity index (χ1n) is 10.4. The summed E-state index contributed by atoms with van der Waals surface area (Å²) in [6.45, 7) is 3.17. The number of hydrogen-bond acceptors (Lipinski definition) is 7. The second-order valence-corrected chi connectivity index (χ2v) is 8.80. The van der Waals surface area contributed by atoms with Crippen molar-refractivity contribution in [2.75, 3.05) is 33.2 Å². The molecule has 0 unspecified atom stereocenters. The number of benzene rings is 1. The van der Waals surface area contributed by atoms with Crippen molar-refractivity contribution in [1.29, 1.82) is 10.8 Å². The van der Waals surface area contributed by atoms with Gasteiger partial charge in [0.25, 0.3) is 5.89 Å². The van der Waals surface area contributed by atoms with Crippen molar-refractivity contribution in [3.05, 3.63) is 57.1 Å². The third-order valence-corrected chi connectivity index (χ3v) is 6.55. The fourth-order valence-corrected chi connectivity index (χ4v) is 4.37. The molecule has 170 valence electrons. The summed E-state index contributed by atoms with van der Waals surface area (Å²) < 4.78 is 19.7. The zero-order chi connectivity index (χ0) is 22.8. The molecule has 0 radical (unpaired) electrons. The van der Waals surface area contributed by atoms with Crippen LogP contribution in [0.25, 0.3) is 0 Å². The molecule has 8 nitrogen and oxygen atoms in total. The number of aromatic nitrogens is 2. The Labute approximate surface area is 195 Å². The van der Waals surface area contributed by atoms with Crippen LogP contribution in [0.1, 0.15) is 36.1 Å². The fourth-order valence-electron chi connectivity index (χ4n) is 3.88. The largest absolute Gasteiger partial charge is 0.419 e. The predicted octanol–water partition coefficient (Wildman–Crippen LogP) is 3.66. The van der Waals surface area contributed by atoms with E-state index in [4.69, 9.17) is 38.4 Å². The molecule has 2 aromatic rings. The summed E-state index contributed by atoms with van der Waals surface area (Å²) in [5.74, 6) is 0.424. The molecule has 0 aliphatic carbocycles. The molecule has 0 amide bonds. The number of rotatable bonds is 5. The molecule has 0 spiro atoms. The Kier molecular flexibility index (Phi) is 6.78. The van der Waals surface area contributed by atoms with E-state index < -0.39 is 5.82 Å². The molecular formula is C21H24Cl2FN7O. The van der Waals surface area contributed by atoms with Crippen molar-refractivity contribution in [1.82, 2.24) is 25.3 Å². The van der Waals surface area contributed by atoms with Crippen LogP contribution in [-0.4, -0.2) is 64.8 Å². The lowest BCUT2D eigenvalue weighted by molar-refractivity contribution is 0.237. The Morgan fingerprint density at radius 1 is 1.28 bits per heavy atom. The Balaban J connectivity index is 1.55. The fraction of sp³-hybridized carbons (Fsp3) is 0.429. The van der Waals surface area contributed by atoms with E-state index in [9.17, 15) is 4.39 Å². The SMILES string of the molecule is CN1CCC(c2nnc(C(=N)/C=C3\C(=N)NCCN3Cc3c(Cl)ccc(F)c3Cl)o2)CC1.